The van der Waals surface area contributed by atoms with Gasteiger partial charge in [0.05, 0.1) is 30.4 Å². The minimum atomic E-state index is -0.273. The minimum absolute atomic E-state index is 0.0452. The number of benzene rings is 2. The predicted octanol–water partition coefficient (Wildman–Crippen LogP) is 5.72. The van der Waals surface area contributed by atoms with Crippen molar-refractivity contribution in [1.82, 2.24) is 9.55 Å². The standard InChI is InChI=1S/C27H26N2O5S2/c1-4-27(2)12-19-22(13-34-27)36-24-23(19)25(30)29(17-6-8-18(31-3)9-7-17)26(28-24)35-14-16-5-10-20-21(11-16)33-15-32-20/h5-11H,4,12-15H2,1-3H3/t27-/m1/s1. The lowest BCUT2D eigenvalue weighted by atomic mass is 9.90. The van der Waals surface area contributed by atoms with Crippen molar-refractivity contribution in [3.8, 4) is 22.9 Å². The first-order valence-electron chi connectivity index (χ1n) is 11.8. The number of nitrogens with zero attached hydrogens (tertiary/aromatic N) is 2. The third-order valence-corrected chi connectivity index (χ3v) is 8.97. The van der Waals surface area contributed by atoms with Gasteiger partial charge in [0.15, 0.2) is 16.7 Å². The SMILES string of the molecule is CC[C@]1(C)Cc2c(sc3nc(SCc4ccc5c(c4)OCO5)n(-c4ccc(OC)cc4)c(=O)c23)CO1. The first kappa shape index (κ1) is 23.4. The average molecular weight is 523 g/mol. The zero-order valence-electron chi connectivity index (χ0n) is 20.3. The molecule has 0 saturated heterocycles. The van der Waals surface area contributed by atoms with Crippen LogP contribution in [0.3, 0.4) is 0 Å². The van der Waals surface area contributed by atoms with Gasteiger partial charge in [0.25, 0.3) is 5.56 Å². The first-order chi connectivity index (χ1) is 17.5. The van der Waals surface area contributed by atoms with E-state index >= 15 is 0 Å². The van der Waals surface area contributed by atoms with Crippen LogP contribution in [0.5, 0.6) is 17.2 Å². The fourth-order valence-electron chi connectivity index (χ4n) is 4.56. The van der Waals surface area contributed by atoms with Gasteiger partial charge in [0, 0.05) is 17.1 Å². The Hall–Kier alpha value is -3.01. The molecule has 0 amide bonds. The molecule has 0 fully saturated rings. The fraction of sp³-hybridized carbons (Fsp3) is 0.333. The van der Waals surface area contributed by atoms with Crippen LogP contribution in [-0.2, 0) is 23.5 Å². The quantitative estimate of drug-likeness (QED) is 0.237. The molecule has 36 heavy (non-hydrogen) atoms. The minimum Gasteiger partial charge on any atom is -0.497 e. The molecule has 0 bridgehead atoms. The van der Waals surface area contributed by atoms with Crippen molar-refractivity contribution in [2.75, 3.05) is 13.9 Å². The van der Waals surface area contributed by atoms with Crippen LogP contribution in [0, 0.1) is 0 Å². The van der Waals surface area contributed by atoms with Crippen LogP contribution in [0.1, 0.15) is 36.3 Å². The lowest BCUT2D eigenvalue weighted by molar-refractivity contribution is -0.0543. The molecule has 0 unspecified atom stereocenters. The van der Waals surface area contributed by atoms with E-state index < -0.39 is 0 Å². The van der Waals surface area contributed by atoms with Crippen molar-refractivity contribution in [1.29, 1.82) is 0 Å². The number of thioether (sulfide) groups is 1. The van der Waals surface area contributed by atoms with Gasteiger partial charge in [0.2, 0.25) is 6.79 Å². The smallest absolute Gasteiger partial charge is 0.267 e. The Morgan fingerprint density at radius 1 is 1.17 bits per heavy atom. The van der Waals surface area contributed by atoms with Gasteiger partial charge in [-0.25, -0.2) is 4.98 Å². The van der Waals surface area contributed by atoms with E-state index in [0.717, 1.165) is 50.2 Å². The Labute approximate surface area is 217 Å². The van der Waals surface area contributed by atoms with Crippen molar-refractivity contribution in [2.45, 2.75) is 49.8 Å². The van der Waals surface area contributed by atoms with E-state index in [1.807, 2.05) is 42.5 Å². The highest BCUT2D eigenvalue weighted by Crippen LogP contribution is 2.40. The van der Waals surface area contributed by atoms with Gasteiger partial charge >= 0.3 is 0 Å². The molecule has 4 heterocycles. The number of aromatic nitrogens is 2. The molecule has 9 heteroatoms. The van der Waals surface area contributed by atoms with Crippen molar-refractivity contribution in [3.63, 3.8) is 0 Å². The lowest BCUT2D eigenvalue weighted by Gasteiger charge is -2.32. The van der Waals surface area contributed by atoms with Gasteiger partial charge in [-0.1, -0.05) is 24.8 Å². The van der Waals surface area contributed by atoms with E-state index in [0.29, 0.717) is 29.3 Å². The highest BCUT2D eigenvalue weighted by molar-refractivity contribution is 7.98. The van der Waals surface area contributed by atoms with Crippen LogP contribution in [0.4, 0.5) is 0 Å². The second kappa shape index (κ2) is 9.14. The van der Waals surface area contributed by atoms with Crippen LogP contribution in [-0.4, -0.2) is 29.1 Å². The summed E-state index contributed by atoms with van der Waals surface area (Å²) in [6.45, 7) is 5.00. The molecule has 0 N–H and O–H groups in total. The van der Waals surface area contributed by atoms with Crippen molar-refractivity contribution in [2.24, 2.45) is 0 Å². The highest BCUT2D eigenvalue weighted by Gasteiger charge is 2.33. The average Bonchev–Trinajstić information content (AvgIpc) is 3.51. The predicted molar refractivity (Wildman–Crippen MR) is 141 cm³/mol. The molecule has 0 saturated carbocycles. The maximum Gasteiger partial charge on any atom is 0.267 e. The second-order valence-corrected chi connectivity index (χ2v) is 11.2. The van der Waals surface area contributed by atoms with E-state index in [-0.39, 0.29) is 18.0 Å². The van der Waals surface area contributed by atoms with E-state index in [4.69, 9.17) is 23.9 Å². The molecule has 4 aromatic rings. The monoisotopic (exact) mass is 522 g/mol. The summed E-state index contributed by atoms with van der Waals surface area (Å²) < 4.78 is 24.2. The van der Waals surface area contributed by atoms with Gasteiger partial charge in [-0.3, -0.25) is 9.36 Å². The van der Waals surface area contributed by atoms with Crippen LogP contribution in [0.2, 0.25) is 0 Å². The Bertz CT molecular complexity index is 1510. The highest BCUT2D eigenvalue weighted by atomic mass is 32.2. The molecule has 2 aliphatic rings. The Kier molecular flexibility index (Phi) is 5.94. The third kappa shape index (κ3) is 4.05. The molecule has 0 aliphatic carbocycles. The molecule has 1 atom stereocenters. The summed E-state index contributed by atoms with van der Waals surface area (Å²) in [5.41, 5.74) is 2.59. The van der Waals surface area contributed by atoms with Crippen molar-refractivity contribution < 1.29 is 18.9 Å². The zero-order valence-corrected chi connectivity index (χ0v) is 22.0. The summed E-state index contributed by atoms with van der Waals surface area (Å²) in [5.74, 6) is 2.87. The number of hydrogen-bond acceptors (Lipinski definition) is 8. The molecule has 6 rings (SSSR count). The van der Waals surface area contributed by atoms with Crippen LogP contribution >= 0.6 is 23.1 Å². The number of rotatable bonds is 6. The molecule has 0 radical (unpaired) electrons. The number of ether oxygens (including phenoxy) is 4. The number of methoxy groups -OCH3 is 1. The molecule has 2 aromatic heterocycles. The summed E-state index contributed by atoms with van der Waals surface area (Å²) >= 11 is 3.10. The molecule has 2 aromatic carbocycles. The third-order valence-electron chi connectivity index (χ3n) is 6.86. The Balaban J connectivity index is 1.46. The summed E-state index contributed by atoms with van der Waals surface area (Å²) in [4.78, 5) is 21.0. The molecule has 186 valence electrons. The second-order valence-electron chi connectivity index (χ2n) is 9.16. The van der Waals surface area contributed by atoms with Crippen LogP contribution < -0.4 is 19.8 Å². The molecule has 7 nitrogen and oxygen atoms in total. The number of fused-ring (bicyclic) bond motifs is 4. The Morgan fingerprint density at radius 3 is 2.75 bits per heavy atom. The van der Waals surface area contributed by atoms with Gasteiger partial charge < -0.3 is 18.9 Å². The summed E-state index contributed by atoms with van der Waals surface area (Å²) in [6, 6.07) is 13.4. The molecule has 2 aliphatic heterocycles. The van der Waals surface area contributed by atoms with Gasteiger partial charge in [-0.15, -0.1) is 11.3 Å². The maximum absolute atomic E-state index is 14.1. The first-order valence-corrected chi connectivity index (χ1v) is 13.7. The van der Waals surface area contributed by atoms with Crippen LogP contribution in [0.25, 0.3) is 15.9 Å². The normalized spacial score (nSPS) is 18.4. The lowest BCUT2D eigenvalue weighted by Crippen LogP contribution is -2.34. The number of thiophene rings is 1. The van der Waals surface area contributed by atoms with E-state index in [1.54, 1.807) is 23.0 Å². The number of hydrogen-bond donors (Lipinski definition) is 0. The topological polar surface area (TPSA) is 71.8 Å². The van der Waals surface area contributed by atoms with E-state index in [1.165, 1.54) is 11.8 Å². The van der Waals surface area contributed by atoms with E-state index in [9.17, 15) is 4.79 Å². The largest absolute Gasteiger partial charge is 0.497 e. The summed E-state index contributed by atoms with van der Waals surface area (Å²) in [5, 5.41) is 1.36. The van der Waals surface area contributed by atoms with Crippen molar-refractivity contribution in [3.05, 3.63) is 68.8 Å². The summed E-state index contributed by atoms with van der Waals surface area (Å²) in [7, 11) is 1.63. The molecular weight excluding hydrogens is 496 g/mol. The molecule has 0 spiro atoms. The van der Waals surface area contributed by atoms with Gasteiger partial charge in [-0.05, 0) is 60.9 Å². The summed E-state index contributed by atoms with van der Waals surface area (Å²) in [6.07, 6.45) is 1.59. The van der Waals surface area contributed by atoms with Crippen molar-refractivity contribution >= 4 is 33.3 Å². The zero-order chi connectivity index (χ0) is 24.9. The molecular formula is C27H26N2O5S2. The van der Waals surface area contributed by atoms with Gasteiger partial charge in [-0.2, -0.15) is 0 Å². The van der Waals surface area contributed by atoms with Crippen LogP contribution in [0.15, 0.2) is 52.4 Å². The fourth-order valence-corrected chi connectivity index (χ4v) is 6.66. The van der Waals surface area contributed by atoms with Gasteiger partial charge in [0.1, 0.15) is 10.6 Å². The Morgan fingerprint density at radius 2 is 1.97 bits per heavy atom. The maximum atomic E-state index is 14.1. The van der Waals surface area contributed by atoms with E-state index in [2.05, 4.69) is 13.8 Å².